The first-order valence-electron chi connectivity index (χ1n) is 9.03. The van der Waals surface area contributed by atoms with Crippen LogP contribution in [0.4, 0.5) is 5.69 Å². The van der Waals surface area contributed by atoms with Crippen LogP contribution in [0.3, 0.4) is 0 Å². The molecule has 0 bridgehead atoms. The molecule has 0 unspecified atom stereocenters. The van der Waals surface area contributed by atoms with E-state index in [1.807, 2.05) is 48.5 Å². The molecule has 2 heterocycles. The van der Waals surface area contributed by atoms with Gasteiger partial charge in [-0.3, -0.25) is 9.59 Å². The molecule has 3 aromatic rings. The van der Waals surface area contributed by atoms with Gasteiger partial charge in [-0.1, -0.05) is 29.8 Å². The molecule has 5 nitrogen and oxygen atoms in total. The van der Waals surface area contributed by atoms with Crippen molar-refractivity contribution in [1.29, 1.82) is 0 Å². The topological polar surface area (TPSA) is 65.2 Å². The first kappa shape index (κ1) is 17.6. The van der Waals surface area contributed by atoms with Crippen molar-refractivity contribution in [2.75, 3.05) is 18.4 Å². The molecule has 2 aromatic carbocycles. The lowest BCUT2D eigenvalue weighted by molar-refractivity contribution is -0.121. The summed E-state index contributed by atoms with van der Waals surface area (Å²) in [6, 6.07) is 16.8. The predicted molar refractivity (Wildman–Crippen MR) is 107 cm³/mol. The SMILES string of the molecule is O=C(Nc1ccccc1)C1CCN(C(=O)c2cc3cc(Cl)ccc3[nH]2)CC1. The van der Waals surface area contributed by atoms with Gasteiger partial charge in [0.1, 0.15) is 5.69 Å². The molecule has 0 spiro atoms. The van der Waals surface area contributed by atoms with E-state index in [1.54, 1.807) is 11.0 Å². The summed E-state index contributed by atoms with van der Waals surface area (Å²) in [7, 11) is 0. The largest absolute Gasteiger partial charge is 0.351 e. The highest BCUT2D eigenvalue weighted by atomic mass is 35.5. The molecule has 0 atom stereocenters. The molecule has 0 saturated carbocycles. The Morgan fingerprint density at radius 1 is 1.04 bits per heavy atom. The van der Waals surface area contributed by atoms with Gasteiger partial charge in [0.15, 0.2) is 0 Å². The van der Waals surface area contributed by atoms with Crippen LogP contribution in [0.1, 0.15) is 23.3 Å². The molecule has 1 saturated heterocycles. The van der Waals surface area contributed by atoms with E-state index in [0.717, 1.165) is 16.6 Å². The lowest BCUT2D eigenvalue weighted by atomic mass is 9.95. The number of benzene rings is 2. The quantitative estimate of drug-likeness (QED) is 0.709. The molecule has 2 N–H and O–H groups in total. The van der Waals surface area contributed by atoms with Gasteiger partial charge in [0.2, 0.25) is 5.91 Å². The maximum absolute atomic E-state index is 12.8. The van der Waals surface area contributed by atoms with Crippen LogP contribution in [0.15, 0.2) is 54.6 Å². The fourth-order valence-electron chi connectivity index (χ4n) is 3.50. The Hall–Kier alpha value is -2.79. The highest BCUT2D eigenvalue weighted by molar-refractivity contribution is 6.31. The standard InChI is InChI=1S/C21H20ClN3O2/c22-16-6-7-18-15(12-16)13-19(24-18)21(27)25-10-8-14(9-11-25)20(26)23-17-4-2-1-3-5-17/h1-7,12-14,24H,8-11H2,(H,23,26). The monoisotopic (exact) mass is 381 g/mol. The van der Waals surface area contributed by atoms with Crippen LogP contribution in [-0.2, 0) is 4.79 Å². The van der Waals surface area contributed by atoms with Gasteiger partial charge in [-0.05, 0) is 49.2 Å². The predicted octanol–water partition coefficient (Wildman–Crippen LogP) is 4.31. The fourth-order valence-corrected chi connectivity index (χ4v) is 3.68. The van der Waals surface area contributed by atoms with Gasteiger partial charge in [0.05, 0.1) is 0 Å². The molecule has 1 aliphatic heterocycles. The molecular formula is C21H20ClN3O2. The zero-order chi connectivity index (χ0) is 18.8. The third kappa shape index (κ3) is 3.83. The first-order chi connectivity index (χ1) is 13.1. The van der Waals surface area contributed by atoms with Gasteiger partial charge in [-0.15, -0.1) is 0 Å². The van der Waals surface area contributed by atoms with Crippen LogP contribution in [0.2, 0.25) is 5.02 Å². The van der Waals surface area contributed by atoms with E-state index in [9.17, 15) is 9.59 Å². The summed E-state index contributed by atoms with van der Waals surface area (Å²) in [5, 5.41) is 4.51. The molecule has 4 rings (SSSR count). The van der Waals surface area contributed by atoms with Crippen LogP contribution in [0.25, 0.3) is 10.9 Å². The van der Waals surface area contributed by atoms with Crippen molar-refractivity contribution >= 4 is 40.0 Å². The zero-order valence-corrected chi connectivity index (χ0v) is 15.5. The van der Waals surface area contributed by atoms with Crippen molar-refractivity contribution < 1.29 is 9.59 Å². The van der Waals surface area contributed by atoms with Crippen molar-refractivity contribution in [3.63, 3.8) is 0 Å². The van der Waals surface area contributed by atoms with E-state index in [2.05, 4.69) is 10.3 Å². The summed E-state index contributed by atoms with van der Waals surface area (Å²) in [4.78, 5) is 30.2. The summed E-state index contributed by atoms with van der Waals surface area (Å²) in [5.41, 5.74) is 2.25. The summed E-state index contributed by atoms with van der Waals surface area (Å²) < 4.78 is 0. The van der Waals surface area contributed by atoms with Crippen molar-refractivity contribution in [3.05, 3.63) is 65.3 Å². The number of fused-ring (bicyclic) bond motifs is 1. The van der Waals surface area contributed by atoms with E-state index in [-0.39, 0.29) is 17.7 Å². The number of para-hydroxylation sites is 1. The summed E-state index contributed by atoms with van der Waals surface area (Å²) in [6.45, 7) is 1.14. The number of amides is 2. The average molecular weight is 382 g/mol. The summed E-state index contributed by atoms with van der Waals surface area (Å²) in [5.74, 6) is -0.0893. The number of aromatic nitrogens is 1. The second-order valence-electron chi connectivity index (χ2n) is 6.84. The molecule has 27 heavy (non-hydrogen) atoms. The molecular weight excluding hydrogens is 362 g/mol. The number of hydrogen-bond donors (Lipinski definition) is 2. The molecule has 6 heteroatoms. The molecule has 1 aromatic heterocycles. The van der Waals surface area contributed by atoms with Gasteiger partial charge in [-0.25, -0.2) is 0 Å². The van der Waals surface area contributed by atoms with E-state index in [1.165, 1.54) is 0 Å². The number of carbonyl (C=O) groups excluding carboxylic acids is 2. The smallest absolute Gasteiger partial charge is 0.270 e. The van der Waals surface area contributed by atoms with Crippen molar-refractivity contribution in [3.8, 4) is 0 Å². The number of H-pyrrole nitrogens is 1. The Bertz CT molecular complexity index is 976. The number of likely N-dealkylation sites (tertiary alicyclic amines) is 1. The van der Waals surface area contributed by atoms with Gasteiger partial charge >= 0.3 is 0 Å². The number of carbonyl (C=O) groups is 2. The molecule has 0 radical (unpaired) electrons. The van der Waals surface area contributed by atoms with Gasteiger partial charge in [-0.2, -0.15) is 0 Å². The first-order valence-corrected chi connectivity index (χ1v) is 9.41. The Morgan fingerprint density at radius 3 is 2.52 bits per heavy atom. The van der Waals surface area contributed by atoms with E-state index in [4.69, 9.17) is 11.6 Å². The minimum absolute atomic E-state index is 0.0218. The number of piperidine rings is 1. The van der Waals surface area contributed by atoms with Crippen molar-refractivity contribution in [2.24, 2.45) is 5.92 Å². The van der Waals surface area contributed by atoms with Crippen LogP contribution < -0.4 is 5.32 Å². The third-order valence-electron chi connectivity index (χ3n) is 5.01. The number of nitrogens with one attached hydrogen (secondary N) is 2. The van der Waals surface area contributed by atoms with E-state index >= 15 is 0 Å². The molecule has 1 aliphatic rings. The number of aromatic amines is 1. The van der Waals surface area contributed by atoms with Crippen LogP contribution in [0.5, 0.6) is 0 Å². The Balaban J connectivity index is 1.38. The molecule has 138 valence electrons. The lowest BCUT2D eigenvalue weighted by Crippen LogP contribution is -2.41. The fraction of sp³-hybridized carbons (Fsp3) is 0.238. The minimum Gasteiger partial charge on any atom is -0.351 e. The number of nitrogens with zero attached hydrogens (tertiary/aromatic N) is 1. The second kappa shape index (κ2) is 7.45. The molecule has 0 aliphatic carbocycles. The van der Waals surface area contributed by atoms with Crippen LogP contribution >= 0.6 is 11.6 Å². The Morgan fingerprint density at radius 2 is 1.78 bits per heavy atom. The normalized spacial score (nSPS) is 15.1. The van der Waals surface area contributed by atoms with Crippen LogP contribution in [-0.4, -0.2) is 34.8 Å². The van der Waals surface area contributed by atoms with Crippen molar-refractivity contribution in [1.82, 2.24) is 9.88 Å². The summed E-state index contributed by atoms with van der Waals surface area (Å²) >= 11 is 6.01. The average Bonchev–Trinajstić information content (AvgIpc) is 3.11. The zero-order valence-electron chi connectivity index (χ0n) is 14.7. The Labute approximate surface area is 162 Å². The number of halogens is 1. The van der Waals surface area contributed by atoms with Crippen LogP contribution in [0, 0.1) is 5.92 Å². The van der Waals surface area contributed by atoms with Gasteiger partial charge in [0.25, 0.3) is 5.91 Å². The number of rotatable bonds is 3. The minimum atomic E-state index is -0.0734. The second-order valence-corrected chi connectivity index (χ2v) is 7.27. The highest BCUT2D eigenvalue weighted by Gasteiger charge is 2.28. The Kier molecular flexibility index (Phi) is 4.86. The van der Waals surface area contributed by atoms with Gasteiger partial charge < -0.3 is 15.2 Å². The molecule has 2 amide bonds. The summed E-state index contributed by atoms with van der Waals surface area (Å²) in [6.07, 6.45) is 1.33. The maximum atomic E-state index is 12.8. The number of hydrogen-bond acceptors (Lipinski definition) is 2. The highest BCUT2D eigenvalue weighted by Crippen LogP contribution is 2.24. The lowest BCUT2D eigenvalue weighted by Gasteiger charge is -2.31. The third-order valence-corrected chi connectivity index (χ3v) is 5.24. The molecule has 1 fully saturated rings. The van der Waals surface area contributed by atoms with E-state index in [0.29, 0.717) is 36.6 Å². The van der Waals surface area contributed by atoms with E-state index < -0.39 is 0 Å². The maximum Gasteiger partial charge on any atom is 0.270 e. The number of anilines is 1. The van der Waals surface area contributed by atoms with Gasteiger partial charge in [0, 0.05) is 40.6 Å². The van der Waals surface area contributed by atoms with Crippen molar-refractivity contribution in [2.45, 2.75) is 12.8 Å².